The highest BCUT2D eigenvalue weighted by Gasteiger charge is 2.49. The van der Waals surface area contributed by atoms with Crippen molar-refractivity contribution in [2.45, 2.75) is 96.2 Å². The number of benzene rings is 2. The number of hydrogen-bond donors (Lipinski definition) is 1. The van der Waals surface area contributed by atoms with E-state index in [2.05, 4.69) is 64.7 Å². The smallest absolute Gasteiger partial charge is 0.232 e. The normalized spacial score (nSPS) is 18.2. The van der Waals surface area contributed by atoms with E-state index in [1.54, 1.807) is 7.11 Å². The second-order valence-electron chi connectivity index (χ2n) is 14.4. The Bertz CT molecular complexity index is 1370. The quantitative estimate of drug-likeness (QED) is 0.161. The molecule has 7 heteroatoms. The molecule has 0 radical (unpaired) electrons. The Morgan fingerprint density at radius 2 is 1.50 bits per heavy atom. The highest BCUT2D eigenvalue weighted by Crippen LogP contribution is 2.43. The Balaban J connectivity index is 1.04. The van der Waals surface area contributed by atoms with E-state index in [9.17, 15) is 4.79 Å². The molecule has 0 saturated carbocycles. The number of methoxy groups -OCH3 is 1. The zero-order valence-electron chi connectivity index (χ0n) is 29.9. The molecule has 2 saturated heterocycles. The molecule has 1 aromatic heterocycles. The summed E-state index contributed by atoms with van der Waals surface area (Å²) >= 11 is 0. The standard InChI is InChI=1S/C41H59N5O2/c1-32(2)46(37-22-28-45(29-23-37)31-38-33(3)43-24-20-39(38)48-4)26-15-7-5-6-14-25-44-27-21-36(30-44)41(40(42)47,34-16-10-8-11-17-34)35-18-12-9-13-19-35/h8-13,16-20,24,32,36-37H,5-7,14-15,21-23,25-31H2,1-4H3,(H2,42,47)/t36-/m1/s1. The number of carbonyl (C=O) groups is 1. The van der Waals surface area contributed by atoms with Gasteiger partial charge in [-0.1, -0.05) is 79.9 Å². The predicted molar refractivity (Wildman–Crippen MR) is 196 cm³/mol. The van der Waals surface area contributed by atoms with Crippen molar-refractivity contribution in [3.63, 3.8) is 0 Å². The molecule has 0 spiro atoms. The third kappa shape index (κ3) is 8.47. The number of primary amides is 1. The maximum absolute atomic E-state index is 13.4. The number of aromatic nitrogens is 1. The summed E-state index contributed by atoms with van der Waals surface area (Å²) in [5.41, 5.74) is 9.81. The van der Waals surface area contributed by atoms with Gasteiger partial charge >= 0.3 is 0 Å². The molecule has 7 nitrogen and oxygen atoms in total. The molecular formula is C41H59N5O2. The number of hydrogen-bond acceptors (Lipinski definition) is 6. The number of carbonyl (C=O) groups excluding carboxylic acids is 1. The first-order valence-corrected chi connectivity index (χ1v) is 18.4. The Morgan fingerprint density at radius 1 is 0.896 bits per heavy atom. The van der Waals surface area contributed by atoms with Crippen molar-refractivity contribution in [1.82, 2.24) is 19.7 Å². The minimum Gasteiger partial charge on any atom is -0.496 e. The van der Waals surface area contributed by atoms with Gasteiger partial charge in [-0.2, -0.15) is 0 Å². The fourth-order valence-electron chi connectivity index (χ4n) is 8.53. The zero-order chi connectivity index (χ0) is 33.9. The molecule has 0 bridgehead atoms. The van der Waals surface area contributed by atoms with Crippen LogP contribution in [-0.4, -0.2) is 84.1 Å². The molecule has 260 valence electrons. The summed E-state index contributed by atoms with van der Waals surface area (Å²) in [6.45, 7) is 14.2. The SMILES string of the molecule is COc1ccnc(C)c1CN1CCC(N(CCCCCCCN2CC[C@@H](C(C(N)=O)(c3ccccc3)c3ccccc3)C2)C(C)C)CC1. The lowest BCUT2D eigenvalue weighted by atomic mass is 9.64. The molecule has 0 aliphatic carbocycles. The summed E-state index contributed by atoms with van der Waals surface area (Å²) in [5, 5.41) is 0. The van der Waals surface area contributed by atoms with Gasteiger partial charge in [-0.15, -0.1) is 0 Å². The van der Waals surface area contributed by atoms with Gasteiger partial charge in [0.2, 0.25) is 5.91 Å². The number of aryl methyl sites for hydroxylation is 1. The summed E-state index contributed by atoms with van der Waals surface area (Å²) in [5.74, 6) is 0.874. The van der Waals surface area contributed by atoms with Gasteiger partial charge in [-0.25, -0.2) is 0 Å². The zero-order valence-corrected chi connectivity index (χ0v) is 29.9. The molecule has 48 heavy (non-hydrogen) atoms. The fraction of sp³-hybridized carbons (Fsp3) is 0.561. The molecule has 2 aliphatic rings. The first kappa shape index (κ1) is 36.0. The largest absolute Gasteiger partial charge is 0.496 e. The monoisotopic (exact) mass is 653 g/mol. The molecular weight excluding hydrogens is 594 g/mol. The molecule has 2 N–H and O–H groups in total. The average Bonchev–Trinajstić information content (AvgIpc) is 3.57. The van der Waals surface area contributed by atoms with E-state index in [0.717, 1.165) is 68.3 Å². The van der Waals surface area contributed by atoms with E-state index in [1.807, 2.05) is 48.7 Å². The number of amides is 1. The lowest BCUT2D eigenvalue weighted by Gasteiger charge is -2.41. The predicted octanol–water partition coefficient (Wildman–Crippen LogP) is 6.82. The van der Waals surface area contributed by atoms with Gasteiger partial charge in [0.15, 0.2) is 0 Å². The number of pyridine rings is 1. The van der Waals surface area contributed by atoms with Crippen molar-refractivity contribution in [2.24, 2.45) is 11.7 Å². The number of rotatable bonds is 17. The molecule has 2 aliphatic heterocycles. The minimum atomic E-state index is -0.803. The van der Waals surface area contributed by atoms with Gasteiger partial charge in [0, 0.05) is 42.6 Å². The van der Waals surface area contributed by atoms with Crippen LogP contribution in [0.5, 0.6) is 5.75 Å². The van der Waals surface area contributed by atoms with E-state index >= 15 is 0 Å². The van der Waals surface area contributed by atoms with Crippen molar-refractivity contribution < 1.29 is 9.53 Å². The summed E-state index contributed by atoms with van der Waals surface area (Å²) in [6, 6.07) is 23.6. The summed E-state index contributed by atoms with van der Waals surface area (Å²) in [6.07, 6.45) is 11.6. The summed E-state index contributed by atoms with van der Waals surface area (Å²) in [7, 11) is 1.75. The minimum absolute atomic E-state index is 0.163. The van der Waals surface area contributed by atoms with Crippen LogP contribution in [0.3, 0.4) is 0 Å². The Hall–Kier alpha value is -3.26. The maximum atomic E-state index is 13.4. The number of nitrogens with zero attached hydrogens (tertiary/aromatic N) is 4. The first-order chi connectivity index (χ1) is 23.3. The molecule has 1 atom stereocenters. The van der Waals surface area contributed by atoms with Crippen molar-refractivity contribution in [3.8, 4) is 5.75 Å². The molecule has 2 aromatic carbocycles. The molecule has 3 heterocycles. The number of likely N-dealkylation sites (tertiary alicyclic amines) is 2. The fourth-order valence-corrected chi connectivity index (χ4v) is 8.53. The van der Waals surface area contributed by atoms with Gasteiger partial charge in [-0.05, 0) is 109 Å². The van der Waals surface area contributed by atoms with Crippen LogP contribution in [0.15, 0.2) is 72.9 Å². The van der Waals surface area contributed by atoms with Crippen molar-refractivity contribution in [3.05, 3.63) is 95.3 Å². The van der Waals surface area contributed by atoms with Crippen LogP contribution in [-0.2, 0) is 16.8 Å². The topological polar surface area (TPSA) is 74.9 Å². The Labute approximate surface area is 289 Å². The Morgan fingerprint density at radius 3 is 2.10 bits per heavy atom. The van der Waals surface area contributed by atoms with Crippen LogP contribution in [0, 0.1) is 12.8 Å². The lowest BCUT2D eigenvalue weighted by molar-refractivity contribution is -0.123. The van der Waals surface area contributed by atoms with E-state index in [4.69, 9.17) is 10.5 Å². The van der Waals surface area contributed by atoms with Gasteiger partial charge in [0.25, 0.3) is 0 Å². The summed E-state index contributed by atoms with van der Waals surface area (Å²) in [4.78, 5) is 25.8. The third-order valence-corrected chi connectivity index (χ3v) is 11.1. The van der Waals surface area contributed by atoms with Crippen molar-refractivity contribution in [1.29, 1.82) is 0 Å². The first-order valence-electron chi connectivity index (χ1n) is 18.4. The molecule has 5 rings (SSSR count). The molecule has 2 fully saturated rings. The summed E-state index contributed by atoms with van der Waals surface area (Å²) < 4.78 is 5.63. The molecule has 0 unspecified atom stereocenters. The van der Waals surface area contributed by atoms with Crippen LogP contribution in [0.1, 0.15) is 87.6 Å². The van der Waals surface area contributed by atoms with Crippen LogP contribution in [0.2, 0.25) is 0 Å². The van der Waals surface area contributed by atoms with E-state index in [0.29, 0.717) is 12.1 Å². The van der Waals surface area contributed by atoms with Crippen LogP contribution >= 0.6 is 0 Å². The molecule has 3 aromatic rings. The highest BCUT2D eigenvalue weighted by molar-refractivity contribution is 5.91. The van der Waals surface area contributed by atoms with Gasteiger partial charge in [-0.3, -0.25) is 19.6 Å². The van der Waals surface area contributed by atoms with Crippen LogP contribution in [0.4, 0.5) is 0 Å². The van der Waals surface area contributed by atoms with E-state index in [1.165, 1.54) is 57.1 Å². The van der Waals surface area contributed by atoms with Gasteiger partial charge in [0.1, 0.15) is 11.2 Å². The van der Waals surface area contributed by atoms with Crippen LogP contribution < -0.4 is 10.5 Å². The van der Waals surface area contributed by atoms with Gasteiger partial charge < -0.3 is 15.4 Å². The number of piperidine rings is 1. The second kappa shape index (κ2) is 17.4. The second-order valence-corrected chi connectivity index (χ2v) is 14.4. The maximum Gasteiger partial charge on any atom is 0.232 e. The number of unbranched alkanes of at least 4 members (excludes halogenated alkanes) is 4. The number of ether oxygens (including phenoxy) is 1. The highest BCUT2D eigenvalue weighted by atomic mass is 16.5. The molecule has 1 amide bonds. The van der Waals surface area contributed by atoms with E-state index in [-0.39, 0.29) is 11.8 Å². The van der Waals surface area contributed by atoms with Crippen molar-refractivity contribution >= 4 is 5.91 Å². The van der Waals surface area contributed by atoms with Crippen molar-refractivity contribution in [2.75, 3.05) is 46.4 Å². The number of nitrogens with two attached hydrogens (primary N) is 1. The lowest BCUT2D eigenvalue weighted by Crippen LogP contribution is -2.49. The van der Waals surface area contributed by atoms with Crippen LogP contribution in [0.25, 0.3) is 0 Å². The average molecular weight is 654 g/mol. The van der Waals surface area contributed by atoms with E-state index < -0.39 is 5.41 Å². The van der Waals surface area contributed by atoms with Gasteiger partial charge in [0.05, 0.1) is 7.11 Å². The Kier molecular flexibility index (Phi) is 13.1. The third-order valence-electron chi connectivity index (χ3n) is 11.1.